The van der Waals surface area contributed by atoms with Crippen molar-refractivity contribution in [2.24, 2.45) is 0 Å². The van der Waals surface area contributed by atoms with Gasteiger partial charge in [-0.1, -0.05) is 11.6 Å². The molecule has 4 nitrogen and oxygen atoms in total. The Kier molecular flexibility index (Phi) is 4.55. The molecule has 1 N–H and O–H groups in total. The van der Waals surface area contributed by atoms with Crippen LogP contribution in [-0.2, 0) is 0 Å². The quantitative estimate of drug-likeness (QED) is 0.727. The first-order valence-corrected chi connectivity index (χ1v) is 8.96. The first-order chi connectivity index (χ1) is 12.6. The van der Waals surface area contributed by atoms with Crippen LogP contribution < -0.4 is 4.74 Å². The number of amides is 1. The van der Waals surface area contributed by atoms with Gasteiger partial charge in [-0.15, -0.1) is 0 Å². The largest absolute Gasteiger partial charge is 0.490 e. The molecular formula is C20H18ClFN2O2. The molecule has 0 spiro atoms. The highest BCUT2D eigenvalue weighted by Gasteiger charge is 2.25. The summed E-state index contributed by atoms with van der Waals surface area (Å²) < 4.78 is 19.3. The number of carbonyl (C=O) groups excluding carboxylic acids is 1. The number of aromatic amines is 1. The monoisotopic (exact) mass is 372 g/mol. The average Bonchev–Trinajstić information content (AvgIpc) is 3.07. The van der Waals surface area contributed by atoms with Gasteiger partial charge in [-0.25, -0.2) is 4.39 Å². The molecule has 0 unspecified atom stereocenters. The molecule has 0 saturated carbocycles. The van der Waals surface area contributed by atoms with Crippen LogP contribution in [0.5, 0.6) is 5.75 Å². The van der Waals surface area contributed by atoms with Gasteiger partial charge in [-0.3, -0.25) is 4.79 Å². The third-order valence-corrected chi connectivity index (χ3v) is 4.91. The maximum absolute atomic E-state index is 13.3. The molecule has 0 atom stereocenters. The maximum Gasteiger partial charge on any atom is 0.270 e. The molecule has 6 heteroatoms. The van der Waals surface area contributed by atoms with E-state index in [2.05, 4.69) is 4.98 Å². The Bertz CT molecular complexity index is 931. The predicted octanol–water partition coefficient (Wildman–Crippen LogP) is 4.64. The number of carbonyl (C=O) groups is 1. The first kappa shape index (κ1) is 16.9. The molecular weight excluding hydrogens is 355 g/mol. The third-order valence-electron chi connectivity index (χ3n) is 4.66. The highest BCUT2D eigenvalue weighted by atomic mass is 35.5. The van der Waals surface area contributed by atoms with Crippen molar-refractivity contribution in [3.63, 3.8) is 0 Å². The fourth-order valence-electron chi connectivity index (χ4n) is 3.27. The lowest BCUT2D eigenvalue weighted by atomic mass is 10.1. The number of rotatable bonds is 3. The van der Waals surface area contributed by atoms with E-state index in [0.29, 0.717) is 29.2 Å². The Morgan fingerprint density at radius 2 is 1.85 bits per heavy atom. The predicted molar refractivity (Wildman–Crippen MR) is 99.3 cm³/mol. The summed E-state index contributed by atoms with van der Waals surface area (Å²) in [6, 6.07) is 13.5. The van der Waals surface area contributed by atoms with Crippen LogP contribution in [-0.4, -0.2) is 35.0 Å². The number of ether oxygens (including phenoxy) is 1. The lowest BCUT2D eigenvalue weighted by molar-refractivity contribution is 0.0591. The molecule has 1 amide bonds. The Morgan fingerprint density at radius 3 is 2.58 bits per heavy atom. The van der Waals surface area contributed by atoms with E-state index in [4.69, 9.17) is 16.3 Å². The minimum Gasteiger partial charge on any atom is -0.490 e. The fraction of sp³-hybridized carbons (Fsp3) is 0.250. The van der Waals surface area contributed by atoms with Crippen LogP contribution in [0.3, 0.4) is 0 Å². The molecule has 0 aliphatic carbocycles. The normalized spacial score (nSPS) is 15.4. The molecule has 1 saturated heterocycles. The van der Waals surface area contributed by atoms with Crippen LogP contribution >= 0.6 is 11.6 Å². The number of H-pyrrole nitrogens is 1. The van der Waals surface area contributed by atoms with Crippen LogP contribution in [0, 0.1) is 5.82 Å². The van der Waals surface area contributed by atoms with Crippen molar-refractivity contribution in [2.45, 2.75) is 18.9 Å². The minimum absolute atomic E-state index is 0.0634. The summed E-state index contributed by atoms with van der Waals surface area (Å²) in [6.45, 7) is 1.25. The molecule has 1 aliphatic rings. The second-order valence-corrected chi connectivity index (χ2v) is 6.91. The summed E-state index contributed by atoms with van der Waals surface area (Å²) in [5.74, 6) is 0.416. The van der Waals surface area contributed by atoms with Crippen molar-refractivity contribution in [3.05, 3.63) is 65.1 Å². The third kappa shape index (κ3) is 3.53. The molecule has 1 fully saturated rings. The van der Waals surface area contributed by atoms with Gasteiger partial charge >= 0.3 is 0 Å². The number of hydrogen-bond donors (Lipinski definition) is 1. The summed E-state index contributed by atoms with van der Waals surface area (Å²) in [6.07, 6.45) is 1.61. The van der Waals surface area contributed by atoms with Crippen molar-refractivity contribution in [1.29, 1.82) is 0 Å². The minimum atomic E-state index is -0.310. The van der Waals surface area contributed by atoms with Gasteiger partial charge in [0.25, 0.3) is 5.91 Å². The van der Waals surface area contributed by atoms with Crippen LogP contribution in [0.4, 0.5) is 4.39 Å². The van der Waals surface area contributed by atoms with Crippen molar-refractivity contribution in [2.75, 3.05) is 13.1 Å². The number of nitrogens with one attached hydrogen (secondary N) is 1. The summed E-state index contributed by atoms with van der Waals surface area (Å²) in [7, 11) is 0. The number of hydrogen-bond acceptors (Lipinski definition) is 2. The average molecular weight is 373 g/mol. The van der Waals surface area contributed by atoms with Gasteiger partial charge in [0.2, 0.25) is 0 Å². The molecule has 26 heavy (non-hydrogen) atoms. The maximum atomic E-state index is 13.3. The zero-order chi connectivity index (χ0) is 18.1. The Labute approximate surface area is 155 Å². The van der Waals surface area contributed by atoms with Gasteiger partial charge in [0.05, 0.1) is 0 Å². The van der Waals surface area contributed by atoms with E-state index in [0.717, 1.165) is 24.1 Å². The highest BCUT2D eigenvalue weighted by Crippen LogP contribution is 2.23. The number of fused-ring (bicyclic) bond motifs is 1. The highest BCUT2D eigenvalue weighted by molar-refractivity contribution is 6.30. The van der Waals surface area contributed by atoms with Crippen LogP contribution in [0.25, 0.3) is 10.9 Å². The number of piperidine rings is 1. The van der Waals surface area contributed by atoms with Crippen molar-refractivity contribution >= 4 is 28.4 Å². The second kappa shape index (κ2) is 7.00. The zero-order valence-corrected chi connectivity index (χ0v) is 14.8. The topological polar surface area (TPSA) is 45.3 Å². The Morgan fingerprint density at radius 1 is 1.12 bits per heavy atom. The van der Waals surface area contributed by atoms with Gasteiger partial charge < -0.3 is 14.6 Å². The molecule has 2 aromatic carbocycles. The summed E-state index contributed by atoms with van der Waals surface area (Å²) in [4.78, 5) is 17.6. The van der Waals surface area contributed by atoms with E-state index < -0.39 is 0 Å². The van der Waals surface area contributed by atoms with Crippen molar-refractivity contribution < 1.29 is 13.9 Å². The molecule has 2 heterocycles. The number of nitrogens with zero attached hydrogens (tertiary/aromatic N) is 1. The van der Waals surface area contributed by atoms with Gasteiger partial charge in [-0.2, -0.15) is 0 Å². The van der Waals surface area contributed by atoms with Crippen LogP contribution in [0.2, 0.25) is 5.02 Å². The van der Waals surface area contributed by atoms with Crippen molar-refractivity contribution in [1.82, 2.24) is 9.88 Å². The van der Waals surface area contributed by atoms with Gasteiger partial charge in [0.15, 0.2) is 0 Å². The van der Waals surface area contributed by atoms with E-state index >= 15 is 0 Å². The van der Waals surface area contributed by atoms with E-state index in [1.54, 1.807) is 24.3 Å². The second-order valence-electron chi connectivity index (χ2n) is 6.48. The zero-order valence-electron chi connectivity index (χ0n) is 14.0. The van der Waals surface area contributed by atoms with Gasteiger partial charge in [0, 0.05) is 41.9 Å². The van der Waals surface area contributed by atoms with E-state index in [1.807, 2.05) is 17.0 Å². The molecule has 134 valence electrons. The van der Waals surface area contributed by atoms with E-state index in [-0.39, 0.29) is 17.8 Å². The molecule has 0 bridgehead atoms. The molecule has 3 aromatic rings. The lowest BCUT2D eigenvalue weighted by Crippen LogP contribution is -2.41. The van der Waals surface area contributed by atoms with E-state index in [9.17, 15) is 9.18 Å². The first-order valence-electron chi connectivity index (χ1n) is 8.58. The smallest absolute Gasteiger partial charge is 0.270 e. The van der Waals surface area contributed by atoms with Crippen LogP contribution in [0.15, 0.2) is 48.5 Å². The fourth-order valence-corrected chi connectivity index (χ4v) is 3.40. The van der Waals surface area contributed by atoms with Gasteiger partial charge in [0.1, 0.15) is 23.4 Å². The summed E-state index contributed by atoms with van der Waals surface area (Å²) >= 11 is 5.88. The summed E-state index contributed by atoms with van der Waals surface area (Å²) in [5.41, 5.74) is 1.25. The SMILES string of the molecule is O=C(c1cc2cc(F)ccc2[nH]1)N1CCC(Oc2ccc(Cl)cc2)CC1. The summed E-state index contributed by atoms with van der Waals surface area (Å²) in [5, 5.41) is 1.38. The number of halogens is 2. The number of aromatic nitrogens is 1. The van der Waals surface area contributed by atoms with E-state index in [1.165, 1.54) is 12.1 Å². The van der Waals surface area contributed by atoms with Gasteiger partial charge in [-0.05, 0) is 48.5 Å². The lowest BCUT2D eigenvalue weighted by Gasteiger charge is -2.32. The molecule has 4 rings (SSSR count). The van der Waals surface area contributed by atoms with Crippen molar-refractivity contribution in [3.8, 4) is 5.75 Å². The Balaban J connectivity index is 1.38. The number of benzene rings is 2. The van der Waals surface area contributed by atoms with Crippen LogP contribution in [0.1, 0.15) is 23.3 Å². The molecule has 0 radical (unpaired) electrons. The number of likely N-dealkylation sites (tertiary alicyclic amines) is 1. The Hall–Kier alpha value is -2.53. The molecule has 1 aromatic heterocycles. The molecule has 1 aliphatic heterocycles. The standard InChI is InChI=1S/C20H18ClFN2O2/c21-14-1-4-16(5-2-14)26-17-7-9-24(10-8-17)20(25)19-12-13-11-15(22)3-6-18(13)23-19/h1-6,11-12,17,23H,7-10H2.